The lowest BCUT2D eigenvalue weighted by Crippen LogP contribution is -2.21. The highest BCUT2D eigenvalue weighted by Gasteiger charge is 2.32. The lowest BCUT2D eigenvalue weighted by atomic mass is 9.98. The molecule has 0 aromatic carbocycles. The summed E-state index contributed by atoms with van der Waals surface area (Å²) in [5, 5.41) is 0. The second kappa shape index (κ2) is 9.07. The van der Waals surface area contributed by atoms with E-state index in [0.717, 1.165) is 57.7 Å². The summed E-state index contributed by atoms with van der Waals surface area (Å²) < 4.78 is 25.0. The van der Waals surface area contributed by atoms with E-state index >= 15 is 0 Å². The third-order valence-corrected chi connectivity index (χ3v) is 6.58. The Balaban J connectivity index is 1.90. The van der Waals surface area contributed by atoms with Gasteiger partial charge >= 0.3 is 7.60 Å². The van der Waals surface area contributed by atoms with Gasteiger partial charge < -0.3 is 13.8 Å². The zero-order valence-electron chi connectivity index (χ0n) is 13.0. The quantitative estimate of drug-likeness (QED) is 0.364. The number of aldehydes is 1. The van der Waals surface area contributed by atoms with E-state index in [0.29, 0.717) is 19.0 Å². The van der Waals surface area contributed by atoms with Crippen molar-refractivity contribution in [1.29, 1.82) is 0 Å². The Bertz CT molecular complexity index is 322. The molecule has 2 saturated carbocycles. The first-order chi connectivity index (χ1) is 10.2. The van der Waals surface area contributed by atoms with E-state index in [4.69, 9.17) is 9.05 Å². The van der Waals surface area contributed by atoms with Crippen LogP contribution in [0.5, 0.6) is 0 Å². The molecule has 0 unspecified atom stereocenters. The van der Waals surface area contributed by atoms with Crippen LogP contribution in [0.4, 0.5) is 0 Å². The minimum absolute atomic E-state index is 0.0874. The number of rotatable bonds is 8. The number of carbonyl (C=O) groups excluding carboxylic acids is 1. The topological polar surface area (TPSA) is 52.6 Å². The summed E-state index contributed by atoms with van der Waals surface area (Å²) in [6.07, 6.45) is 13.6. The van der Waals surface area contributed by atoms with Crippen LogP contribution < -0.4 is 0 Å². The molecular weight excluding hydrogens is 287 g/mol. The van der Waals surface area contributed by atoms with E-state index in [1.165, 1.54) is 12.8 Å². The van der Waals surface area contributed by atoms with Crippen LogP contribution in [0.1, 0.15) is 77.0 Å². The first-order valence-electron chi connectivity index (χ1n) is 8.61. The molecule has 2 fully saturated rings. The van der Waals surface area contributed by atoms with Crippen LogP contribution in [0.2, 0.25) is 0 Å². The van der Waals surface area contributed by atoms with Crippen LogP contribution in [0.15, 0.2) is 0 Å². The summed E-state index contributed by atoms with van der Waals surface area (Å²) in [6, 6.07) is 0. The monoisotopic (exact) mass is 316 g/mol. The fraction of sp³-hybridized carbons (Fsp3) is 0.938. The Labute approximate surface area is 128 Å². The molecule has 0 aromatic rings. The van der Waals surface area contributed by atoms with E-state index in [9.17, 15) is 9.36 Å². The standard InChI is InChI=1S/C16H29O4P/c17-13-7-8-14-21(18,19-15-9-3-1-4-10-15)20-16-11-5-2-6-12-16/h13,15-16H,1-12,14H2. The summed E-state index contributed by atoms with van der Waals surface area (Å²) in [6.45, 7) is 0. The van der Waals surface area contributed by atoms with Crippen molar-refractivity contribution in [3.63, 3.8) is 0 Å². The third kappa shape index (κ3) is 6.22. The van der Waals surface area contributed by atoms with E-state index in [2.05, 4.69) is 0 Å². The number of unbranched alkanes of at least 4 members (excludes halogenated alkanes) is 1. The molecule has 5 heteroatoms. The fourth-order valence-electron chi connectivity index (χ4n) is 3.29. The van der Waals surface area contributed by atoms with E-state index in [1.54, 1.807) is 0 Å². The van der Waals surface area contributed by atoms with Crippen LogP contribution in [0.3, 0.4) is 0 Å². The second-order valence-corrected chi connectivity index (χ2v) is 8.46. The number of hydrogen-bond acceptors (Lipinski definition) is 4. The summed E-state index contributed by atoms with van der Waals surface area (Å²) in [7, 11) is -3.04. The van der Waals surface area contributed by atoms with Gasteiger partial charge in [-0.15, -0.1) is 0 Å². The van der Waals surface area contributed by atoms with Gasteiger partial charge in [0, 0.05) is 6.42 Å². The smallest absolute Gasteiger partial charge is 0.305 e. The highest BCUT2D eigenvalue weighted by atomic mass is 31.2. The van der Waals surface area contributed by atoms with Crippen molar-refractivity contribution in [2.75, 3.05) is 6.16 Å². The first-order valence-corrected chi connectivity index (χ1v) is 10.3. The van der Waals surface area contributed by atoms with Gasteiger partial charge in [0.25, 0.3) is 0 Å². The number of carbonyl (C=O) groups is 1. The third-order valence-electron chi connectivity index (χ3n) is 4.48. The maximum Gasteiger partial charge on any atom is 0.331 e. The van der Waals surface area contributed by atoms with Crippen molar-refractivity contribution in [2.45, 2.75) is 89.3 Å². The van der Waals surface area contributed by atoms with Gasteiger partial charge in [0.05, 0.1) is 18.4 Å². The molecule has 0 N–H and O–H groups in total. The average molecular weight is 316 g/mol. The molecule has 0 atom stereocenters. The average Bonchev–Trinajstić information content (AvgIpc) is 2.49. The normalized spacial score (nSPS) is 22.3. The zero-order chi connectivity index (χ0) is 15.0. The molecular formula is C16H29O4P. The van der Waals surface area contributed by atoms with Crippen molar-refractivity contribution in [3.05, 3.63) is 0 Å². The second-order valence-electron chi connectivity index (χ2n) is 6.37. The van der Waals surface area contributed by atoms with Crippen LogP contribution in [-0.2, 0) is 18.4 Å². The van der Waals surface area contributed by atoms with Gasteiger partial charge in [-0.25, -0.2) is 0 Å². The summed E-state index contributed by atoms with van der Waals surface area (Å²) in [4.78, 5) is 10.5. The van der Waals surface area contributed by atoms with Gasteiger partial charge in [-0.2, -0.15) is 0 Å². The molecule has 2 rings (SSSR count). The largest absolute Gasteiger partial charge is 0.331 e. The number of hydrogen-bond donors (Lipinski definition) is 0. The summed E-state index contributed by atoms with van der Waals surface area (Å²) in [5.74, 6) is 0. The highest BCUT2D eigenvalue weighted by molar-refractivity contribution is 7.53. The molecule has 2 aliphatic rings. The molecule has 0 aliphatic heterocycles. The maximum atomic E-state index is 13.1. The predicted octanol–water partition coefficient (Wildman–Crippen LogP) is 4.86. The summed E-state index contributed by atoms with van der Waals surface area (Å²) >= 11 is 0. The van der Waals surface area contributed by atoms with Crippen molar-refractivity contribution >= 4 is 13.9 Å². The maximum absolute atomic E-state index is 13.1. The Morgan fingerprint density at radius 2 is 1.33 bits per heavy atom. The van der Waals surface area contributed by atoms with Gasteiger partial charge in [0.2, 0.25) is 0 Å². The van der Waals surface area contributed by atoms with Crippen LogP contribution in [0.25, 0.3) is 0 Å². The molecule has 0 aromatic heterocycles. The van der Waals surface area contributed by atoms with Crippen LogP contribution in [0, 0.1) is 0 Å². The molecule has 0 spiro atoms. The fourth-order valence-corrected chi connectivity index (χ4v) is 5.45. The molecule has 0 saturated heterocycles. The van der Waals surface area contributed by atoms with Crippen LogP contribution >= 0.6 is 7.60 Å². The van der Waals surface area contributed by atoms with Gasteiger partial charge in [0.15, 0.2) is 0 Å². The van der Waals surface area contributed by atoms with Crippen LogP contribution in [-0.4, -0.2) is 24.7 Å². The van der Waals surface area contributed by atoms with Gasteiger partial charge in [-0.3, -0.25) is 4.57 Å². The minimum Gasteiger partial charge on any atom is -0.305 e. The Kier molecular flexibility index (Phi) is 7.42. The first kappa shape index (κ1) is 17.2. The molecule has 21 heavy (non-hydrogen) atoms. The molecule has 0 amide bonds. The molecule has 2 aliphatic carbocycles. The lowest BCUT2D eigenvalue weighted by Gasteiger charge is -2.31. The summed E-state index contributed by atoms with van der Waals surface area (Å²) in [5.41, 5.74) is 0. The van der Waals surface area contributed by atoms with Crippen molar-refractivity contribution in [1.82, 2.24) is 0 Å². The Hall–Kier alpha value is -0.180. The van der Waals surface area contributed by atoms with Gasteiger partial charge in [-0.05, 0) is 32.1 Å². The Morgan fingerprint density at radius 1 is 0.857 bits per heavy atom. The minimum atomic E-state index is -3.04. The van der Waals surface area contributed by atoms with Crippen molar-refractivity contribution < 1.29 is 18.4 Å². The van der Waals surface area contributed by atoms with Gasteiger partial charge in [0.1, 0.15) is 6.29 Å². The molecule has 0 radical (unpaired) electrons. The van der Waals surface area contributed by atoms with E-state index in [1.807, 2.05) is 0 Å². The SMILES string of the molecule is O=CCCCP(=O)(OC1CCCCC1)OC1CCCCC1. The predicted molar refractivity (Wildman–Crippen MR) is 83.7 cm³/mol. The highest BCUT2D eigenvalue weighted by Crippen LogP contribution is 2.53. The van der Waals surface area contributed by atoms with Gasteiger partial charge in [-0.1, -0.05) is 38.5 Å². The molecule has 0 heterocycles. The molecule has 4 nitrogen and oxygen atoms in total. The van der Waals surface area contributed by atoms with Crippen molar-refractivity contribution in [2.24, 2.45) is 0 Å². The van der Waals surface area contributed by atoms with E-state index in [-0.39, 0.29) is 12.2 Å². The van der Waals surface area contributed by atoms with E-state index < -0.39 is 7.60 Å². The Morgan fingerprint density at radius 3 is 1.76 bits per heavy atom. The molecule has 0 bridgehead atoms. The lowest BCUT2D eigenvalue weighted by molar-refractivity contribution is -0.107. The van der Waals surface area contributed by atoms with Crippen molar-refractivity contribution in [3.8, 4) is 0 Å². The molecule has 122 valence electrons. The zero-order valence-corrected chi connectivity index (χ0v) is 13.9.